The van der Waals surface area contributed by atoms with Gasteiger partial charge in [-0.15, -0.1) is 11.8 Å². The smallest absolute Gasteiger partial charge is 0.359 e. The van der Waals surface area contributed by atoms with E-state index in [4.69, 9.17) is 8.92 Å². The van der Waals surface area contributed by atoms with E-state index in [2.05, 4.69) is 5.32 Å². The van der Waals surface area contributed by atoms with Gasteiger partial charge in [0.25, 0.3) is 5.91 Å². The molecule has 1 unspecified atom stereocenters. The first-order chi connectivity index (χ1) is 19.8. The molecular weight excluding hydrogens is 564 g/mol. The Morgan fingerprint density at radius 1 is 0.951 bits per heavy atom. The van der Waals surface area contributed by atoms with E-state index >= 15 is 0 Å². The van der Waals surface area contributed by atoms with Crippen molar-refractivity contribution in [2.45, 2.75) is 30.9 Å². The number of hydrogen-bond acceptors (Lipinski definition) is 8. The standard InChI is InChI=1S/C30H28N2O7S2/c1-2-41(36,37)39-23-19-40-29-25(31-24(33)18-20-12-6-3-7-13-20)28(34)32(29)26(23)30(35)38-27(21-14-8-4-9-15-21)22-16-10-5-11-17-22/h3-17,25,27,29H,2,18-19H2,1H3,(H,31,33)/t25?,29-/m0/s1. The molecule has 0 radical (unpaired) electrons. The van der Waals surface area contributed by atoms with Gasteiger partial charge >= 0.3 is 16.1 Å². The summed E-state index contributed by atoms with van der Waals surface area (Å²) in [5.41, 5.74) is 1.90. The van der Waals surface area contributed by atoms with Crippen molar-refractivity contribution in [2.75, 3.05) is 11.5 Å². The highest BCUT2D eigenvalue weighted by atomic mass is 32.2. The van der Waals surface area contributed by atoms with Gasteiger partial charge in [-0.25, -0.2) is 4.79 Å². The van der Waals surface area contributed by atoms with Gasteiger partial charge in [0, 0.05) is 0 Å². The fraction of sp³-hybridized carbons (Fsp3) is 0.233. The Balaban J connectivity index is 1.42. The summed E-state index contributed by atoms with van der Waals surface area (Å²) < 4.78 is 36.1. The number of fused-ring (bicyclic) bond motifs is 1. The van der Waals surface area contributed by atoms with Gasteiger partial charge in [0.1, 0.15) is 11.4 Å². The van der Waals surface area contributed by atoms with Crippen LogP contribution < -0.4 is 5.32 Å². The monoisotopic (exact) mass is 592 g/mol. The molecule has 3 aromatic rings. The Morgan fingerprint density at radius 3 is 2.07 bits per heavy atom. The Bertz CT molecular complexity index is 1520. The maximum atomic E-state index is 13.8. The van der Waals surface area contributed by atoms with Gasteiger partial charge in [0.15, 0.2) is 17.6 Å². The molecule has 0 aliphatic carbocycles. The molecule has 2 heterocycles. The lowest BCUT2D eigenvalue weighted by Gasteiger charge is -2.49. The Kier molecular flexibility index (Phi) is 8.46. The summed E-state index contributed by atoms with van der Waals surface area (Å²) >= 11 is 1.20. The average molecular weight is 593 g/mol. The van der Waals surface area contributed by atoms with Crippen molar-refractivity contribution >= 4 is 39.7 Å². The van der Waals surface area contributed by atoms with Crippen LogP contribution in [0.2, 0.25) is 0 Å². The van der Waals surface area contributed by atoms with Crippen LogP contribution in [0.25, 0.3) is 0 Å². The summed E-state index contributed by atoms with van der Waals surface area (Å²) in [5, 5.41) is 2.12. The largest absolute Gasteiger partial charge is 0.448 e. The van der Waals surface area contributed by atoms with Crippen LogP contribution in [0.3, 0.4) is 0 Å². The third kappa shape index (κ3) is 6.31. The van der Waals surface area contributed by atoms with E-state index in [0.717, 1.165) is 10.5 Å². The molecule has 2 amide bonds. The molecule has 212 valence electrons. The molecule has 41 heavy (non-hydrogen) atoms. The number of benzene rings is 3. The van der Waals surface area contributed by atoms with E-state index in [0.29, 0.717) is 11.1 Å². The SMILES string of the molecule is CCS(=O)(=O)OC1=C(C(=O)OC(c2ccccc2)c2ccccc2)N2C(=O)C(NC(=O)Cc3ccccc3)[C@@H]2SC1. The van der Waals surface area contributed by atoms with Crippen LogP contribution in [-0.4, -0.2) is 54.0 Å². The quantitative estimate of drug-likeness (QED) is 0.216. The minimum atomic E-state index is -4.01. The maximum Gasteiger partial charge on any atom is 0.359 e. The summed E-state index contributed by atoms with van der Waals surface area (Å²) in [6.07, 6.45) is -0.738. The van der Waals surface area contributed by atoms with Crippen LogP contribution in [0.4, 0.5) is 0 Å². The number of amides is 2. The highest BCUT2D eigenvalue weighted by molar-refractivity contribution is 8.00. The predicted octanol–water partition coefficient (Wildman–Crippen LogP) is 3.54. The number of esters is 1. The number of nitrogens with one attached hydrogen (secondary N) is 1. The lowest BCUT2D eigenvalue weighted by atomic mass is 10.0. The minimum Gasteiger partial charge on any atom is -0.448 e. The topological polar surface area (TPSA) is 119 Å². The predicted molar refractivity (Wildman–Crippen MR) is 154 cm³/mol. The molecule has 3 aromatic carbocycles. The molecule has 0 bridgehead atoms. The lowest BCUT2D eigenvalue weighted by Crippen LogP contribution is -2.70. The van der Waals surface area contributed by atoms with E-state index in [-0.39, 0.29) is 35.3 Å². The van der Waals surface area contributed by atoms with Crippen LogP contribution in [0.15, 0.2) is 102 Å². The average Bonchev–Trinajstić information content (AvgIpc) is 2.99. The molecule has 1 N–H and O–H groups in total. The zero-order valence-corrected chi connectivity index (χ0v) is 23.8. The molecule has 5 rings (SSSR count). The zero-order chi connectivity index (χ0) is 29.0. The Labute approximate surface area is 242 Å². The van der Waals surface area contributed by atoms with E-state index < -0.39 is 39.5 Å². The summed E-state index contributed by atoms with van der Waals surface area (Å²) in [4.78, 5) is 41.0. The van der Waals surface area contributed by atoms with Crippen molar-refractivity contribution in [2.24, 2.45) is 0 Å². The van der Waals surface area contributed by atoms with E-state index in [1.54, 1.807) is 0 Å². The first-order valence-corrected chi connectivity index (χ1v) is 15.6. The van der Waals surface area contributed by atoms with E-state index in [9.17, 15) is 22.8 Å². The second-order valence-corrected chi connectivity index (χ2v) is 12.4. The van der Waals surface area contributed by atoms with Crippen molar-refractivity contribution in [1.82, 2.24) is 10.2 Å². The van der Waals surface area contributed by atoms with Crippen molar-refractivity contribution in [1.29, 1.82) is 0 Å². The van der Waals surface area contributed by atoms with Gasteiger partial charge in [0.05, 0.1) is 17.9 Å². The van der Waals surface area contributed by atoms with Gasteiger partial charge in [-0.2, -0.15) is 8.42 Å². The number of rotatable bonds is 10. The molecule has 1 fully saturated rings. The summed E-state index contributed by atoms with van der Waals surface area (Å²) in [5.74, 6) is -2.31. The molecule has 2 aliphatic rings. The van der Waals surface area contributed by atoms with Crippen LogP contribution >= 0.6 is 11.8 Å². The van der Waals surface area contributed by atoms with Crippen molar-refractivity contribution < 1.29 is 31.7 Å². The highest BCUT2D eigenvalue weighted by Gasteiger charge is 2.55. The normalized spacial score (nSPS) is 18.4. The third-order valence-electron chi connectivity index (χ3n) is 6.66. The molecule has 1 saturated heterocycles. The number of thioether (sulfide) groups is 1. The molecule has 2 atom stereocenters. The Morgan fingerprint density at radius 2 is 1.51 bits per heavy atom. The number of β-lactam (4-membered cyclic amide) rings is 1. The molecule has 11 heteroatoms. The number of carbonyl (C=O) groups excluding carboxylic acids is 3. The van der Waals surface area contributed by atoms with Crippen molar-refractivity contribution in [3.63, 3.8) is 0 Å². The van der Waals surface area contributed by atoms with Gasteiger partial charge < -0.3 is 14.2 Å². The van der Waals surface area contributed by atoms with Crippen LogP contribution in [0.5, 0.6) is 0 Å². The number of nitrogens with zero attached hydrogens (tertiary/aromatic N) is 1. The molecule has 0 spiro atoms. The third-order valence-corrected chi connectivity index (χ3v) is 9.08. The van der Waals surface area contributed by atoms with Crippen molar-refractivity contribution in [3.8, 4) is 0 Å². The van der Waals surface area contributed by atoms with Crippen LogP contribution in [0, 0.1) is 0 Å². The molecule has 0 aromatic heterocycles. The van der Waals surface area contributed by atoms with Gasteiger partial charge in [-0.1, -0.05) is 91.0 Å². The minimum absolute atomic E-state index is 0.00942. The summed E-state index contributed by atoms with van der Waals surface area (Å²) in [6.45, 7) is 1.42. The van der Waals surface area contributed by atoms with E-state index in [1.807, 2.05) is 91.0 Å². The summed E-state index contributed by atoms with van der Waals surface area (Å²) in [7, 11) is -4.01. The first kappa shape index (κ1) is 28.4. The number of ether oxygens (including phenoxy) is 1. The van der Waals surface area contributed by atoms with Gasteiger partial charge in [-0.3, -0.25) is 14.5 Å². The summed E-state index contributed by atoms with van der Waals surface area (Å²) in [6, 6.07) is 26.4. The molecule has 0 saturated carbocycles. The fourth-order valence-electron chi connectivity index (χ4n) is 4.61. The highest BCUT2D eigenvalue weighted by Crippen LogP contribution is 2.42. The lowest BCUT2D eigenvalue weighted by molar-refractivity contribution is -0.155. The second kappa shape index (κ2) is 12.2. The maximum absolute atomic E-state index is 13.8. The van der Waals surface area contributed by atoms with Crippen LogP contribution in [-0.2, 0) is 39.8 Å². The second-order valence-electron chi connectivity index (χ2n) is 9.43. The fourth-order valence-corrected chi connectivity index (χ4v) is 6.50. The first-order valence-electron chi connectivity index (χ1n) is 13.0. The van der Waals surface area contributed by atoms with E-state index in [1.165, 1.54) is 18.7 Å². The van der Waals surface area contributed by atoms with Crippen LogP contribution in [0.1, 0.15) is 29.7 Å². The molecular formula is C30H28N2O7S2. The Hall–Kier alpha value is -4.09. The van der Waals surface area contributed by atoms with Crippen molar-refractivity contribution in [3.05, 3.63) is 119 Å². The zero-order valence-electron chi connectivity index (χ0n) is 22.1. The van der Waals surface area contributed by atoms with Gasteiger partial charge in [-0.05, 0) is 23.6 Å². The van der Waals surface area contributed by atoms with Gasteiger partial charge in [0.2, 0.25) is 5.91 Å². The molecule has 2 aliphatic heterocycles. The molecule has 9 nitrogen and oxygen atoms in total. The number of hydrogen-bond donors (Lipinski definition) is 1. The number of carbonyl (C=O) groups is 3.